The Bertz CT molecular complexity index is 320. The summed E-state index contributed by atoms with van der Waals surface area (Å²) >= 11 is 5.97. The first-order valence-corrected chi connectivity index (χ1v) is 4.25. The lowest BCUT2D eigenvalue weighted by Crippen LogP contribution is -1.91. The molecule has 1 heteroatoms. The van der Waals surface area contributed by atoms with E-state index in [9.17, 15) is 0 Å². The van der Waals surface area contributed by atoms with Crippen molar-refractivity contribution in [2.24, 2.45) is 0 Å². The first-order valence-electron chi connectivity index (χ1n) is 3.87. The fourth-order valence-electron chi connectivity index (χ4n) is 1.08. The summed E-state index contributed by atoms with van der Waals surface area (Å²) in [7, 11) is 0. The van der Waals surface area contributed by atoms with Crippen molar-refractivity contribution in [3.8, 4) is 12.3 Å². The molecule has 1 rings (SSSR count). The van der Waals surface area contributed by atoms with Gasteiger partial charge in [-0.3, -0.25) is 0 Å². The van der Waals surface area contributed by atoms with E-state index in [1.165, 1.54) is 5.56 Å². The Kier molecular flexibility index (Phi) is 2.78. The Morgan fingerprint density at radius 1 is 1.50 bits per heavy atom. The quantitative estimate of drug-likeness (QED) is 0.579. The lowest BCUT2D eigenvalue weighted by Gasteiger charge is -2.07. The zero-order chi connectivity index (χ0) is 9.14. The standard InChI is InChI=1S/C11H11Cl/c1-4-9(3)10-7-8(2)5-6-11(10)12/h1,5-7,9H,2-3H3. The summed E-state index contributed by atoms with van der Waals surface area (Å²) in [6.45, 7) is 4.00. The molecule has 1 aromatic carbocycles. The van der Waals surface area contributed by atoms with Gasteiger partial charge < -0.3 is 0 Å². The van der Waals surface area contributed by atoms with E-state index in [1.54, 1.807) is 0 Å². The van der Waals surface area contributed by atoms with E-state index in [1.807, 2.05) is 32.0 Å². The first kappa shape index (κ1) is 9.16. The molecule has 1 aromatic rings. The third-order valence-electron chi connectivity index (χ3n) is 1.87. The highest BCUT2D eigenvalue weighted by atomic mass is 35.5. The Hall–Kier alpha value is -0.930. The zero-order valence-corrected chi connectivity index (χ0v) is 8.02. The molecular weight excluding hydrogens is 168 g/mol. The molecule has 0 spiro atoms. The summed E-state index contributed by atoms with van der Waals surface area (Å²) in [5.74, 6) is 2.76. The van der Waals surface area contributed by atoms with Gasteiger partial charge in [0.2, 0.25) is 0 Å². The van der Waals surface area contributed by atoms with Gasteiger partial charge in [0, 0.05) is 10.9 Å². The lowest BCUT2D eigenvalue weighted by atomic mass is 10.0. The van der Waals surface area contributed by atoms with Crippen molar-refractivity contribution in [3.63, 3.8) is 0 Å². The Balaban J connectivity index is 3.15. The predicted octanol–water partition coefficient (Wildman–Crippen LogP) is 3.39. The molecule has 0 bridgehead atoms. The minimum Gasteiger partial charge on any atom is -0.119 e. The molecule has 1 atom stereocenters. The van der Waals surface area contributed by atoms with Crippen LogP contribution < -0.4 is 0 Å². The summed E-state index contributed by atoms with van der Waals surface area (Å²) in [5, 5.41) is 0.756. The maximum atomic E-state index is 5.97. The topological polar surface area (TPSA) is 0 Å². The van der Waals surface area contributed by atoms with Crippen LogP contribution in [0.2, 0.25) is 5.02 Å². The summed E-state index contributed by atoms with van der Waals surface area (Å²) in [6, 6.07) is 5.90. The number of rotatable bonds is 1. The van der Waals surface area contributed by atoms with Crippen LogP contribution in [0.1, 0.15) is 24.0 Å². The fraction of sp³-hybridized carbons (Fsp3) is 0.273. The molecule has 0 saturated heterocycles. The minimum absolute atomic E-state index is 0.0948. The number of hydrogen-bond donors (Lipinski definition) is 0. The van der Waals surface area contributed by atoms with E-state index in [0.29, 0.717) is 0 Å². The second kappa shape index (κ2) is 3.65. The number of benzene rings is 1. The van der Waals surface area contributed by atoms with Crippen LogP contribution in [0.3, 0.4) is 0 Å². The molecule has 0 saturated carbocycles. The molecule has 0 fully saturated rings. The van der Waals surface area contributed by atoms with E-state index in [-0.39, 0.29) is 5.92 Å². The van der Waals surface area contributed by atoms with Crippen molar-refractivity contribution in [3.05, 3.63) is 34.3 Å². The van der Waals surface area contributed by atoms with E-state index in [4.69, 9.17) is 18.0 Å². The van der Waals surface area contributed by atoms with Crippen molar-refractivity contribution < 1.29 is 0 Å². The van der Waals surface area contributed by atoms with Gasteiger partial charge in [0.1, 0.15) is 0 Å². The second-order valence-electron chi connectivity index (χ2n) is 2.91. The van der Waals surface area contributed by atoms with Crippen LogP contribution >= 0.6 is 11.6 Å². The molecule has 0 aromatic heterocycles. The molecule has 62 valence electrons. The van der Waals surface area contributed by atoms with E-state index < -0.39 is 0 Å². The highest BCUT2D eigenvalue weighted by Crippen LogP contribution is 2.24. The van der Waals surface area contributed by atoms with E-state index in [2.05, 4.69) is 5.92 Å². The van der Waals surface area contributed by atoms with Gasteiger partial charge in [0.15, 0.2) is 0 Å². The average Bonchev–Trinajstić information content (AvgIpc) is 2.08. The molecule has 0 amide bonds. The maximum Gasteiger partial charge on any atom is 0.0450 e. The monoisotopic (exact) mass is 178 g/mol. The molecule has 12 heavy (non-hydrogen) atoms. The van der Waals surface area contributed by atoms with Gasteiger partial charge in [-0.2, -0.15) is 0 Å². The van der Waals surface area contributed by atoms with Crippen LogP contribution in [0.15, 0.2) is 18.2 Å². The van der Waals surface area contributed by atoms with Crippen LogP contribution in [0.4, 0.5) is 0 Å². The Labute approximate surface area is 78.6 Å². The van der Waals surface area contributed by atoms with Gasteiger partial charge in [-0.25, -0.2) is 0 Å². The summed E-state index contributed by atoms with van der Waals surface area (Å²) in [5.41, 5.74) is 2.23. The molecule has 0 aliphatic heterocycles. The molecule has 0 N–H and O–H groups in total. The van der Waals surface area contributed by atoms with Gasteiger partial charge in [-0.05, 0) is 25.5 Å². The van der Waals surface area contributed by atoms with Crippen molar-refractivity contribution in [1.82, 2.24) is 0 Å². The molecule has 0 heterocycles. The van der Waals surface area contributed by atoms with Crippen LogP contribution in [-0.4, -0.2) is 0 Å². The van der Waals surface area contributed by atoms with Crippen molar-refractivity contribution in [2.75, 3.05) is 0 Å². The summed E-state index contributed by atoms with van der Waals surface area (Å²) in [6.07, 6.45) is 5.31. The van der Waals surface area contributed by atoms with Gasteiger partial charge >= 0.3 is 0 Å². The van der Waals surface area contributed by atoms with E-state index >= 15 is 0 Å². The van der Waals surface area contributed by atoms with Crippen molar-refractivity contribution in [1.29, 1.82) is 0 Å². The normalized spacial score (nSPS) is 12.2. The minimum atomic E-state index is 0.0948. The van der Waals surface area contributed by atoms with E-state index in [0.717, 1.165) is 10.6 Å². The lowest BCUT2D eigenvalue weighted by molar-refractivity contribution is 1.00. The van der Waals surface area contributed by atoms with Gasteiger partial charge in [-0.1, -0.05) is 35.2 Å². The third kappa shape index (κ3) is 1.81. The summed E-state index contributed by atoms with van der Waals surface area (Å²) < 4.78 is 0. The predicted molar refractivity (Wildman–Crippen MR) is 53.4 cm³/mol. The van der Waals surface area contributed by atoms with Crippen molar-refractivity contribution in [2.45, 2.75) is 19.8 Å². The maximum absolute atomic E-state index is 5.97. The highest BCUT2D eigenvalue weighted by molar-refractivity contribution is 6.31. The van der Waals surface area contributed by atoms with Crippen LogP contribution in [0.5, 0.6) is 0 Å². The summed E-state index contributed by atoms with van der Waals surface area (Å²) in [4.78, 5) is 0. The number of hydrogen-bond acceptors (Lipinski definition) is 0. The Morgan fingerprint density at radius 2 is 2.17 bits per heavy atom. The second-order valence-corrected chi connectivity index (χ2v) is 3.32. The van der Waals surface area contributed by atoms with Crippen LogP contribution in [0.25, 0.3) is 0 Å². The van der Waals surface area contributed by atoms with Crippen LogP contribution in [-0.2, 0) is 0 Å². The first-order chi connectivity index (χ1) is 5.65. The van der Waals surface area contributed by atoms with Crippen LogP contribution in [0, 0.1) is 19.3 Å². The number of aryl methyl sites for hydroxylation is 1. The SMILES string of the molecule is C#CC(C)c1cc(C)ccc1Cl. The zero-order valence-electron chi connectivity index (χ0n) is 7.26. The number of terminal acetylenes is 1. The fourth-order valence-corrected chi connectivity index (χ4v) is 1.37. The molecule has 0 nitrogen and oxygen atoms in total. The Morgan fingerprint density at radius 3 is 2.75 bits per heavy atom. The smallest absolute Gasteiger partial charge is 0.0450 e. The molecular formula is C11H11Cl. The molecule has 0 aliphatic carbocycles. The highest BCUT2D eigenvalue weighted by Gasteiger charge is 2.05. The third-order valence-corrected chi connectivity index (χ3v) is 2.21. The van der Waals surface area contributed by atoms with Crippen molar-refractivity contribution >= 4 is 11.6 Å². The molecule has 0 radical (unpaired) electrons. The number of halogens is 1. The van der Waals surface area contributed by atoms with Gasteiger partial charge in [0.25, 0.3) is 0 Å². The molecule has 0 aliphatic rings. The average molecular weight is 179 g/mol. The van der Waals surface area contributed by atoms with Gasteiger partial charge in [0.05, 0.1) is 0 Å². The largest absolute Gasteiger partial charge is 0.119 e. The molecule has 1 unspecified atom stereocenters. The van der Waals surface area contributed by atoms with Gasteiger partial charge in [-0.15, -0.1) is 6.42 Å².